The van der Waals surface area contributed by atoms with Crippen LogP contribution < -0.4 is 15.6 Å². The van der Waals surface area contributed by atoms with Gasteiger partial charge in [0.05, 0.1) is 5.69 Å². The minimum Gasteiger partial charge on any atom is -0.504 e. The van der Waals surface area contributed by atoms with Crippen molar-refractivity contribution in [2.45, 2.75) is 25.8 Å². The van der Waals surface area contributed by atoms with E-state index >= 15 is 0 Å². The summed E-state index contributed by atoms with van der Waals surface area (Å²) in [6.07, 6.45) is 0.386. The lowest BCUT2D eigenvalue weighted by Crippen LogP contribution is -2.26. The number of carboxylic acid groups (broad SMARTS) is 1. The highest BCUT2D eigenvalue weighted by Gasteiger charge is 2.25. The lowest BCUT2D eigenvalue weighted by atomic mass is 9.99. The number of hydrogen-bond donors (Lipinski definition) is 4. The van der Waals surface area contributed by atoms with Crippen molar-refractivity contribution in [1.29, 1.82) is 0 Å². The Morgan fingerprint density at radius 3 is 2.78 bits per heavy atom. The number of carbonyl (C=O) groups is 1. The molecule has 0 bridgehead atoms. The molecule has 32 heavy (non-hydrogen) atoms. The van der Waals surface area contributed by atoms with Crippen molar-refractivity contribution < 1.29 is 19.7 Å². The fraction of sp³-hybridized carbons (Fsp3) is 0.391. The number of aromatic amines is 1. The van der Waals surface area contributed by atoms with Crippen molar-refractivity contribution >= 4 is 17.1 Å². The maximum Gasteiger partial charge on any atom is 0.511 e. The van der Waals surface area contributed by atoms with Crippen LogP contribution in [-0.4, -0.2) is 58.0 Å². The number of pyridine rings is 1. The van der Waals surface area contributed by atoms with Crippen molar-refractivity contribution in [2.75, 3.05) is 27.2 Å². The van der Waals surface area contributed by atoms with E-state index in [1.807, 2.05) is 27.2 Å². The van der Waals surface area contributed by atoms with Crippen LogP contribution in [0, 0.1) is 0 Å². The van der Waals surface area contributed by atoms with Crippen molar-refractivity contribution in [2.24, 2.45) is 7.05 Å². The number of nitrogens with zero attached hydrogens (tertiary/aromatic N) is 2. The molecule has 3 aromatic rings. The maximum absolute atomic E-state index is 12.5. The Hall–Kier alpha value is -3.30. The molecule has 0 atom stereocenters. The zero-order chi connectivity index (χ0) is 23.0. The molecule has 0 radical (unpaired) electrons. The van der Waals surface area contributed by atoms with Crippen LogP contribution in [0.1, 0.15) is 23.2 Å². The van der Waals surface area contributed by atoms with E-state index in [-0.39, 0.29) is 0 Å². The van der Waals surface area contributed by atoms with Crippen LogP contribution in [0.3, 0.4) is 0 Å². The van der Waals surface area contributed by atoms with Gasteiger partial charge >= 0.3 is 6.16 Å². The van der Waals surface area contributed by atoms with Crippen LogP contribution in [0.4, 0.5) is 4.79 Å². The second kappa shape index (κ2) is 8.68. The van der Waals surface area contributed by atoms with Gasteiger partial charge in [-0.1, -0.05) is 0 Å². The summed E-state index contributed by atoms with van der Waals surface area (Å²) >= 11 is 0. The van der Waals surface area contributed by atoms with Gasteiger partial charge in [0.25, 0.3) is 5.56 Å². The molecule has 0 unspecified atom stereocenters. The molecule has 2 aromatic heterocycles. The number of likely N-dealkylation sites (N-methyl/N-ethyl adjacent to an activating group) is 1. The zero-order valence-electron chi connectivity index (χ0n) is 18.5. The Bertz CT molecular complexity index is 1240. The third kappa shape index (κ3) is 4.09. The minimum atomic E-state index is -1.64. The Labute approximate surface area is 185 Å². The van der Waals surface area contributed by atoms with E-state index in [1.54, 1.807) is 0 Å². The van der Waals surface area contributed by atoms with Gasteiger partial charge in [-0.25, -0.2) is 4.79 Å². The SMILES string of the molecule is CN(C)CCNCc1cc2cc3c(cc2n1C)CCCc1c-3[nH]c(=O)c(OC(=O)O)c1O. The second-order valence-electron chi connectivity index (χ2n) is 8.45. The first kappa shape index (κ1) is 21.9. The molecule has 170 valence electrons. The highest BCUT2D eigenvalue weighted by Crippen LogP contribution is 2.40. The third-order valence-corrected chi connectivity index (χ3v) is 5.99. The Morgan fingerprint density at radius 1 is 1.28 bits per heavy atom. The number of benzene rings is 1. The van der Waals surface area contributed by atoms with E-state index in [9.17, 15) is 14.7 Å². The summed E-state index contributed by atoms with van der Waals surface area (Å²) in [6, 6.07) is 6.30. The number of H-pyrrole nitrogens is 1. The number of aryl methyl sites for hydroxylation is 2. The van der Waals surface area contributed by atoms with Gasteiger partial charge in [-0.15, -0.1) is 0 Å². The van der Waals surface area contributed by atoms with E-state index in [1.165, 1.54) is 0 Å². The van der Waals surface area contributed by atoms with E-state index in [2.05, 4.69) is 36.6 Å². The van der Waals surface area contributed by atoms with Gasteiger partial charge in [0, 0.05) is 54.4 Å². The highest BCUT2D eigenvalue weighted by atomic mass is 16.7. The first-order chi connectivity index (χ1) is 15.3. The standard InChI is InChI=1S/C23H28N4O5/c1-26(2)8-7-24-12-15-9-14-10-17-13(11-18(14)27(15)3)5-4-6-16-19(17)25-22(29)21(20(16)28)32-23(30)31/h9-11,24H,4-8,12H2,1-3H3,(H,30,31)(H2,25,28,29). The molecule has 1 aliphatic carbocycles. The fourth-order valence-corrected chi connectivity index (χ4v) is 4.33. The number of hydrogen-bond acceptors (Lipinski definition) is 6. The van der Waals surface area contributed by atoms with E-state index < -0.39 is 23.2 Å². The van der Waals surface area contributed by atoms with Gasteiger partial charge in [-0.3, -0.25) is 4.79 Å². The number of aromatic hydroxyl groups is 1. The Balaban J connectivity index is 1.76. The van der Waals surface area contributed by atoms with Crippen LogP contribution in [0.15, 0.2) is 23.0 Å². The molecule has 2 heterocycles. The van der Waals surface area contributed by atoms with Crippen LogP contribution >= 0.6 is 0 Å². The average molecular weight is 441 g/mol. The number of ether oxygens (including phenoxy) is 1. The van der Waals surface area contributed by atoms with Crippen molar-refractivity contribution in [3.8, 4) is 22.8 Å². The van der Waals surface area contributed by atoms with Crippen molar-refractivity contribution in [3.05, 3.63) is 45.4 Å². The Morgan fingerprint density at radius 2 is 2.06 bits per heavy atom. The number of nitrogens with one attached hydrogen (secondary N) is 2. The van der Waals surface area contributed by atoms with Crippen molar-refractivity contribution in [3.63, 3.8) is 0 Å². The summed E-state index contributed by atoms with van der Waals surface area (Å²) in [7, 11) is 6.14. The van der Waals surface area contributed by atoms with E-state index in [0.717, 1.165) is 60.2 Å². The monoisotopic (exact) mass is 440 g/mol. The average Bonchev–Trinajstić information content (AvgIpc) is 2.92. The van der Waals surface area contributed by atoms with E-state index in [0.29, 0.717) is 17.7 Å². The molecule has 0 amide bonds. The molecule has 9 heteroatoms. The molecule has 9 nitrogen and oxygen atoms in total. The van der Waals surface area contributed by atoms with Crippen LogP contribution in [0.25, 0.3) is 22.2 Å². The normalized spacial score (nSPS) is 13.1. The van der Waals surface area contributed by atoms with E-state index in [4.69, 9.17) is 5.11 Å². The van der Waals surface area contributed by atoms with Crippen molar-refractivity contribution in [1.82, 2.24) is 19.8 Å². The molecule has 0 spiro atoms. The largest absolute Gasteiger partial charge is 0.511 e. The number of rotatable bonds is 6. The van der Waals surface area contributed by atoms with Gasteiger partial charge in [0.2, 0.25) is 5.75 Å². The summed E-state index contributed by atoms with van der Waals surface area (Å²) in [5, 5.41) is 24.0. The lowest BCUT2D eigenvalue weighted by Gasteiger charge is -2.13. The fourth-order valence-electron chi connectivity index (χ4n) is 4.33. The smallest absolute Gasteiger partial charge is 0.504 e. The molecule has 1 aliphatic rings. The zero-order valence-corrected chi connectivity index (χ0v) is 18.5. The molecular weight excluding hydrogens is 412 g/mol. The quantitative estimate of drug-likeness (QED) is 0.343. The van der Waals surface area contributed by atoms with Gasteiger partial charge in [-0.2, -0.15) is 0 Å². The molecule has 4 N–H and O–H groups in total. The molecule has 0 aliphatic heterocycles. The molecule has 1 aromatic carbocycles. The number of aromatic nitrogens is 2. The second-order valence-corrected chi connectivity index (χ2v) is 8.45. The van der Waals surface area contributed by atoms with Gasteiger partial charge < -0.3 is 34.7 Å². The van der Waals surface area contributed by atoms with Crippen LogP contribution in [0.2, 0.25) is 0 Å². The number of fused-ring (bicyclic) bond motifs is 4. The van der Waals surface area contributed by atoms with Gasteiger partial charge in [0.15, 0.2) is 5.75 Å². The minimum absolute atomic E-state index is 0.405. The first-order valence-corrected chi connectivity index (χ1v) is 10.6. The molecular formula is C23H28N4O5. The predicted octanol–water partition coefficient (Wildman–Crippen LogP) is 2.44. The summed E-state index contributed by atoms with van der Waals surface area (Å²) in [4.78, 5) is 28.3. The third-order valence-electron chi connectivity index (χ3n) is 5.99. The molecule has 0 saturated carbocycles. The maximum atomic E-state index is 12.5. The molecule has 0 fully saturated rings. The summed E-state index contributed by atoms with van der Waals surface area (Å²) in [5.74, 6) is -0.982. The first-order valence-electron chi connectivity index (χ1n) is 10.6. The molecule has 0 saturated heterocycles. The summed E-state index contributed by atoms with van der Waals surface area (Å²) in [5.41, 5.74) is 4.43. The molecule has 4 rings (SSSR count). The van der Waals surface area contributed by atoms with Crippen LogP contribution in [-0.2, 0) is 26.4 Å². The summed E-state index contributed by atoms with van der Waals surface area (Å²) < 4.78 is 6.71. The Kier molecular flexibility index (Phi) is 5.94. The van der Waals surface area contributed by atoms with Gasteiger partial charge in [0.1, 0.15) is 0 Å². The van der Waals surface area contributed by atoms with Crippen LogP contribution in [0.5, 0.6) is 11.5 Å². The van der Waals surface area contributed by atoms with Gasteiger partial charge in [-0.05, 0) is 57.1 Å². The topological polar surface area (TPSA) is 120 Å². The highest BCUT2D eigenvalue weighted by molar-refractivity contribution is 5.89. The lowest BCUT2D eigenvalue weighted by molar-refractivity contribution is 0.142. The summed E-state index contributed by atoms with van der Waals surface area (Å²) in [6.45, 7) is 2.59. The predicted molar refractivity (Wildman–Crippen MR) is 122 cm³/mol.